The Hall–Kier alpha value is -3.15. The standard InChI is InChI=1S/C18H15NO5/c1-12-2-5-14(11-15(12)19(21)22)16(20)6-3-13-4-7-17-18(10-13)24-9-8-23-17/h2-7,10-11H,8-9H2,1H3. The molecule has 0 spiro atoms. The molecule has 0 N–H and O–H groups in total. The number of aryl methyl sites for hydroxylation is 1. The number of nitro benzene ring substituents is 1. The van der Waals surface area contributed by atoms with Crippen molar-refractivity contribution in [2.45, 2.75) is 6.92 Å². The molecule has 0 bridgehead atoms. The van der Waals surface area contributed by atoms with Crippen LogP contribution in [0.3, 0.4) is 0 Å². The van der Waals surface area contributed by atoms with Gasteiger partial charge in [0.25, 0.3) is 5.69 Å². The van der Waals surface area contributed by atoms with Crippen LogP contribution in [0.25, 0.3) is 6.08 Å². The number of carbonyl (C=O) groups excluding carboxylic acids is 1. The third-order valence-corrected chi connectivity index (χ3v) is 3.68. The quantitative estimate of drug-likeness (QED) is 0.371. The molecule has 24 heavy (non-hydrogen) atoms. The van der Waals surface area contributed by atoms with Gasteiger partial charge in [-0.25, -0.2) is 0 Å². The van der Waals surface area contributed by atoms with Crippen LogP contribution >= 0.6 is 0 Å². The van der Waals surface area contributed by atoms with Crippen LogP contribution in [-0.2, 0) is 0 Å². The summed E-state index contributed by atoms with van der Waals surface area (Å²) < 4.78 is 10.9. The third-order valence-electron chi connectivity index (χ3n) is 3.68. The largest absolute Gasteiger partial charge is 0.486 e. The molecule has 3 rings (SSSR count). The first-order valence-corrected chi connectivity index (χ1v) is 7.42. The van der Waals surface area contributed by atoms with Gasteiger partial charge in [0.15, 0.2) is 17.3 Å². The average Bonchev–Trinajstić information content (AvgIpc) is 2.59. The number of nitrogens with zero attached hydrogens (tertiary/aromatic N) is 1. The summed E-state index contributed by atoms with van der Waals surface area (Å²) in [6.45, 7) is 2.65. The smallest absolute Gasteiger partial charge is 0.273 e. The highest BCUT2D eigenvalue weighted by molar-refractivity contribution is 6.07. The van der Waals surface area contributed by atoms with Crippen LogP contribution in [0.15, 0.2) is 42.5 Å². The summed E-state index contributed by atoms with van der Waals surface area (Å²) in [6.07, 6.45) is 3.03. The molecule has 0 aromatic heterocycles. The molecule has 0 fully saturated rings. The highest BCUT2D eigenvalue weighted by Gasteiger charge is 2.14. The van der Waals surface area contributed by atoms with E-state index in [-0.39, 0.29) is 17.0 Å². The van der Waals surface area contributed by atoms with Gasteiger partial charge in [0, 0.05) is 17.2 Å². The second-order valence-corrected chi connectivity index (χ2v) is 5.36. The number of rotatable bonds is 4. The number of hydrogen-bond acceptors (Lipinski definition) is 5. The molecule has 0 saturated carbocycles. The van der Waals surface area contributed by atoms with Gasteiger partial charge in [0.1, 0.15) is 13.2 Å². The van der Waals surface area contributed by atoms with E-state index in [1.165, 1.54) is 12.1 Å². The first kappa shape index (κ1) is 15.7. The molecule has 0 atom stereocenters. The van der Waals surface area contributed by atoms with Crippen molar-refractivity contribution in [2.75, 3.05) is 13.2 Å². The molecule has 1 aliphatic rings. The van der Waals surface area contributed by atoms with E-state index in [0.717, 1.165) is 5.56 Å². The van der Waals surface area contributed by atoms with Crippen molar-refractivity contribution < 1.29 is 19.2 Å². The minimum Gasteiger partial charge on any atom is -0.486 e. The second kappa shape index (κ2) is 6.54. The zero-order valence-corrected chi connectivity index (χ0v) is 13.0. The Balaban J connectivity index is 1.80. The average molecular weight is 325 g/mol. The first-order chi connectivity index (χ1) is 11.5. The lowest BCUT2D eigenvalue weighted by Gasteiger charge is -2.18. The predicted octanol–water partition coefficient (Wildman–Crippen LogP) is 3.57. The van der Waals surface area contributed by atoms with E-state index in [1.807, 2.05) is 6.07 Å². The fourth-order valence-corrected chi connectivity index (χ4v) is 2.39. The summed E-state index contributed by atoms with van der Waals surface area (Å²) in [7, 11) is 0. The molecule has 122 valence electrons. The van der Waals surface area contributed by atoms with Crippen LogP contribution in [0.2, 0.25) is 0 Å². The van der Waals surface area contributed by atoms with Crippen LogP contribution in [0.4, 0.5) is 5.69 Å². The van der Waals surface area contributed by atoms with E-state index in [9.17, 15) is 14.9 Å². The maximum absolute atomic E-state index is 12.2. The zero-order chi connectivity index (χ0) is 17.1. The highest BCUT2D eigenvalue weighted by atomic mass is 16.6. The van der Waals surface area contributed by atoms with Crippen molar-refractivity contribution in [1.29, 1.82) is 0 Å². The van der Waals surface area contributed by atoms with Gasteiger partial charge in [0.05, 0.1) is 4.92 Å². The summed E-state index contributed by atoms with van der Waals surface area (Å²) >= 11 is 0. The molecule has 6 nitrogen and oxygen atoms in total. The third kappa shape index (κ3) is 3.27. The monoisotopic (exact) mass is 325 g/mol. The maximum atomic E-state index is 12.2. The van der Waals surface area contributed by atoms with Gasteiger partial charge in [-0.05, 0) is 30.7 Å². The molecule has 1 heterocycles. The Kier molecular flexibility index (Phi) is 4.29. The van der Waals surface area contributed by atoms with Crippen molar-refractivity contribution in [3.8, 4) is 11.5 Å². The normalized spacial score (nSPS) is 13.0. The van der Waals surface area contributed by atoms with Crippen molar-refractivity contribution in [1.82, 2.24) is 0 Å². The number of fused-ring (bicyclic) bond motifs is 1. The summed E-state index contributed by atoms with van der Waals surface area (Å²) in [5.74, 6) is 1.02. The van der Waals surface area contributed by atoms with Crippen molar-refractivity contribution >= 4 is 17.5 Å². The Labute approximate surface area is 138 Å². The van der Waals surface area contributed by atoms with Gasteiger partial charge in [0.2, 0.25) is 0 Å². The van der Waals surface area contributed by atoms with E-state index in [4.69, 9.17) is 9.47 Å². The van der Waals surface area contributed by atoms with E-state index >= 15 is 0 Å². The van der Waals surface area contributed by atoms with E-state index in [2.05, 4.69) is 0 Å². The minimum atomic E-state index is -0.489. The number of ether oxygens (including phenoxy) is 2. The first-order valence-electron chi connectivity index (χ1n) is 7.42. The fraction of sp³-hybridized carbons (Fsp3) is 0.167. The number of ketones is 1. The molecule has 0 aliphatic carbocycles. The molecule has 0 amide bonds. The topological polar surface area (TPSA) is 78.7 Å². The number of hydrogen-bond donors (Lipinski definition) is 0. The van der Waals surface area contributed by atoms with Crippen LogP contribution in [0, 0.1) is 17.0 Å². The van der Waals surface area contributed by atoms with Gasteiger partial charge in [-0.3, -0.25) is 14.9 Å². The molecular formula is C18H15NO5. The van der Waals surface area contributed by atoms with Crippen LogP contribution in [0.5, 0.6) is 11.5 Å². The number of carbonyl (C=O) groups is 1. The Morgan fingerprint density at radius 3 is 2.62 bits per heavy atom. The second-order valence-electron chi connectivity index (χ2n) is 5.36. The van der Waals surface area contributed by atoms with Crippen molar-refractivity contribution in [3.05, 3.63) is 69.3 Å². The highest BCUT2D eigenvalue weighted by Crippen LogP contribution is 2.31. The SMILES string of the molecule is Cc1ccc(C(=O)C=Cc2ccc3c(c2)OCCO3)cc1[N+](=O)[O-]. The number of benzene rings is 2. The lowest BCUT2D eigenvalue weighted by molar-refractivity contribution is -0.385. The Bertz CT molecular complexity index is 841. The molecule has 2 aromatic rings. The molecule has 0 radical (unpaired) electrons. The lowest BCUT2D eigenvalue weighted by Crippen LogP contribution is -2.15. The lowest BCUT2D eigenvalue weighted by atomic mass is 10.1. The van der Waals surface area contributed by atoms with E-state index < -0.39 is 4.92 Å². The predicted molar refractivity (Wildman–Crippen MR) is 88.6 cm³/mol. The Morgan fingerprint density at radius 2 is 1.88 bits per heavy atom. The maximum Gasteiger partial charge on any atom is 0.273 e. The van der Waals surface area contributed by atoms with Crippen LogP contribution in [0.1, 0.15) is 21.5 Å². The molecule has 6 heteroatoms. The fourth-order valence-electron chi connectivity index (χ4n) is 2.39. The molecule has 2 aromatic carbocycles. The van der Waals surface area contributed by atoms with Crippen LogP contribution in [-0.4, -0.2) is 23.9 Å². The van der Waals surface area contributed by atoms with Crippen molar-refractivity contribution in [3.63, 3.8) is 0 Å². The summed E-state index contributed by atoms with van der Waals surface area (Å²) in [5, 5.41) is 11.0. The van der Waals surface area contributed by atoms with E-state index in [1.54, 1.807) is 37.3 Å². The van der Waals surface area contributed by atoms with Gasteiger partial charge in [-0.1, -0.05) is 24.3 Å². The summed E-state index contributed by atoms with van der Waals surface area (Å²) in [6, 6.07) is 9.84. The molecule has 1 aliphatic heterocycles. The zero-order valence-electron chi connectivity index (χ0n) is 13.0. The van der Waals surface area contributed by atoms with Crippen LogP contribution < -0.4 is 9.47 Å². The van der Waals surface area contributed by atoms with Crippen molar-refractivity contribution in [2.24, 2.45) is 0 Å². The number of nitro groups is 1. The molecule has 0 unspecified atom stereocenters. The molecular weight excluding hydrogens is 310 g/mol. The summed E-state index contributed by atoms with van der Waals surface area (Å²) in [4.78, 5) is 22.7. The Morgan fingerprint density at radius 1 is 1.12 bits per heavy atom. The van der Waals surface area contributed by atoms with E-state index in [0.29, 0.717) is 30.3 Å². The summed E-state index contributed by atoms with van der Waals surface area (Å²) in [5.41, 5.74) is 1.52. The minimum absolute atomic E-state index is 0.0615. The van der Waals surface area contributed by atoms with Gasteiger partial charge >= 0.3 is 0 Å². The van der Waals surface area contributed by atoms with Gasteiger partial charge in [-0.2, -0.15) is 0 Å². The molecule has 0 saturated heterocycles. The van der Waals surface area contributed by atoms with Gasteiger partial charge in [-0.15, -0.1) is 0 Å². The number of allylic oxidation sites excluding steroid dienone is 1. The van der Waals surface area contributed by atoms with Gasteiger partial charge < -0.3 is 9.47 Å².